The average molecular weight is 362 g/mol. The first kappa shape index (κ1) is 18.3. The second kappa shape index (κ2) is 9.29. The highest BCUT2D eigenvalue weighted by molar-refractivity contribution is 5.81. The zero-order valence-corrected chi connectivity index (χ0v) is 15.4. The van der Waals surface area contributed by atoms with Gasteiger partial charge < -0.3 is 14.2 Å². The lowest BCUT2D eigenvalue weighted by molar-refractivity contribution is 0.284. The molecular formula is C22H22N2O3. The SMILES string of the molecule is COc1ccc(N/N=C/c2ccc(OCc3ccccc3)c(OC)c2)cc1. The first-order valence-electron chi connectivity index (χ1n) is 8.56. The standard InChI is InChI=1S/C22H22N2O3/c1-25-20-11-9-19(10-12-20)24-23-15-18-8-13-21(22(14-18)26-2)27-16-17-6-4-3-5-7-17/h3-15,24H,16H2,1-2H3/b23-15+. The first-order chi connectivity index (χ1) is 13.3. The quantitative estimate of drug-likeness (QED) is 0.465. The highest BCUT2D eigenvalue weighted by Gasteiger charge is 2.05. The molecule has 0 saturated heterocycles. The summed E-state index contributed by atoms with van der Waals surface area (Å²) < 4.78 is 16.4. The number of nitrogens with one attached hydrogen (secondary N) is 1. The molecule has 5 nitrogen and oxygen atoms in total. The van der Waals surface area contributed by atoms with E-state index in [4.69, 9.17) is 14.2 Å². The van der Waals surface area contributed by atoms with E-state index in [2.05, 4.69) is 10.5 Å². The van der Waals surface area contributed by atoms with Crippen molar-refractivity contribution in [2.75, 3.05) is 19.6 Å². The first-order valence-corrected chi connectivity index (χ1v) is 8.56. The number of ether oxygens (including phenoxy) is 3. The lowest BCUT2D eigenvalue weighted by atomic mass is 10.2. The topological polar surface area (TPSA) is 52.1 Å². The summed E-state index contributed by atoms with van der Waals surface area (Å²) in [6.07, 6.45) is 1.73. The van der Waals surface area contributed by atoms with Crippen LogP contribution >= 0.6 is 0 Å². The molecule has 0 heterocycles. The third kappa shape index (κ3) is 5.25. The smallest absolute Gasteiger partial charge is 0.161 e. The van der Waals surface area contributed by atoms with E-state index in [0.29, 0.717) is 18.1 Å². The van der Waals surface area contributed by atoms with Crippen LogP contribution in [0.25, 0.3) is 0 Å². The van der Waals surface area contributed by atoms with Gasteiger partial charge in [-0.1, -0.05) is 30.3 Å². The predicted molar refractivity (Wildman–Crippen MR) is 108 cm³/mol. The molecule has 0 bridgehead atoms. The van der Waals surface area contributed by atoms with Crippen molar-refractivity contribution in [3.63, 3.8) is 0 Å². The minimum absolute atomic E-state index is 0.490. The molecule has 0 unspecified atom stereocenters. The summed E-state index contributed by atoms with van der Waals surface area (Å²) in [7, 11) is 3.27. The van der Waals surface area contributed by atoms with Crippen molar-refractivity contribution in [1.29, 1.82) is 0 Å². The van der Waals surface area contributed by atoms with Gasteiger partial charge in [0.1, 0.15) is 12.4 Å². The van der Waals surface area contributed by atoms with Crippen LogP contribution in [0.5, 0.6) is 17.2 Å². The fraction of sp³-hybridized carbons (Fsp3) is 0.136. The van der Waals surface area contributed by atoms with Gasteiger partial charge in [0.2, 0.25) is 0 Å². The van der Waals surface area contributed by atoms with E-state index in [1.165, 1.54) is 0 Å². The molecule has 27 heavy (non-hydrogen) atoms. The Bertz CT molecular complexity index is 878. The average Bonchev–Trinajstić information content (AvgIpc) is 2.74. The fourth-order valence-corrected chi connectivity index (χ4v) is 2.47. The Morgan fingerprint density at radius 1 is 0.852 bits per heavy atom. The van der Waals surface area contributed by atoms with Gasteiger partial charge in [0.15, 0.2) is 11.5 Å². The number of hydrogen-bond donors (Lipinski definition) is 1. The molecule has 0 radical (unpaired) electrons. The van der Waals surface area contributed by atoms with E-state index < -0.39 is 0 Å². The minimum Gasteiger partial charge on any atom is -0.497 e. The monoisotopic (exact) mass is 362 g/mol. The Labute approximate surface area is 159 Å². The van der Waals surface area contributed by atoms with Gasteiger partial charge in [0.05, 0.1) is 26.1 Å². The maximum atomic E-state index is 5.87. The van der Waals surface area contributed by atoms with Gasteiger partial charge in [0.25, 0.3) is 0 Å². The molecule has 5 heteroatoms. The number of hydrazone groups is 1. The molecule has 0 aromatic heterocycles. The van der Waals surface area contributed by atoms with E-state index in [-0.39, 0.29) is 0 Å². The van der Waals surface area contributed by atoms with Crippen LogP contribution < -0.4 is 19.6 Å². The van der Waals surface area contributed by atoms with Crippen LogP contribution in [0.1, 0.15) is 11.1 Å². The number of rotatable bonds is 8. The second-order valence-corrected chi connectivity index (χ2v) is 5.78. The van der Waals surface area contributed by atoms with Crippen LogP contribution in [-0.2, 0) is 6.61 Å². The molecule has 3 aromatic carbocycles. The Morgan fingerprint density at radius 2 is 1.63 bits per heavy atom. The largest absolute Gasteiger partial charge is 0.497 e. The zero-order valence-electron chi connectivity index (χ0n) is 15.4. The molecule has 0 atom stereocenters. The number of nitrogens with zero attached hydrogens (tertiary/aromatic N) is 1. The number of benzene rings is 3. The lowest BCUT2D eigenvalue weighted by Gasteiger charge is -2.11. The number of hydrogen-bond acceptors (Lipinski definition) is 5. The second-order valence-electron chi connectivity index (χ2n) is 5.78. The van der Waals surface area contributed by atoms with Gasteiger partial charge in [-0.2, -0.15) is 5.10 Å². The van der Waals surface area contributed by atoms with Crippen LogP contribution in [0.2, 0.25) is 0 Å². The molecule has 0 saturated carbocycles. The van der Waals surface area contributed by atoms with E-state index >= 15 is 0 Å². The molecule has 138 valence electrons. The fourth-order valence-electron chi connectivity index (χ4n) is 2.47. The molecule has 0 spiro atoms. The molecule has 0 amide bonds. The minimum atomic E-state index is 0.490. The predicted octanol–water partition coefficient (Wildman–Crippen LogP) is 4.73. The highest BCUT2D eigenvalue weighted by Crippen LogP contribution is 2.28. The maximum absolute atomic E-state index is 5.87. The van der Waals surface area contributed by atoms with E-state index in [0.717, 1.165) is 22.6 Å². The van der Waals surface area contributed by atoms with Gasteiger partial charge in [-0.15, -0.1) is 0 Å². The van der Waals surface area contributed by atoms with Gasteiger partial charge in [-0.25, -0.2) is 0 Å². The third-order valence-corrected chi connectivity index (χ3v) is 3.92. The molecule has 1 N–H and O–H groups in total. The summed E-state index contributed by atoms with van der Waals surface area (Å²) in [4.78, 5) is 0. The van der Waals surface area contributed by atoms with Crippen molar-refractivity contribution in [1.82, 2.24) is 0 Å². The molecule has 0 aliphatic heterocycles. The lowest BCUT2D eigenvalue weighted by Crippen LogP contribution is -1.98. The van der Waals surface area contributed by atoms with Gasteiger partial charge in [0, 0.05) is 0 Å². The van der Waals surface area contributed by atoms with Crippen LogP contribution in [0.4, 0.5) is 5.69 Å². The van der Waals surface area contributed by atoms with Gasteiger partial charge >= 0.3 is 0 Å². The summed E-state index contributed by atoms with van der Waals surface area (Å²) in [5, 5.41) is 4.25. The zero-order chi connectivity index (χ0) is 18.9. The summed E-state index contributed by atoms with van der Waals surface area (Å²) in [6.45, 7) is 0.490. The van der Waals surface area contributed by atoms with Crippen molar-refractivity contribution in [3.05, 3.63) is 83.9 Å². The highest BCUT2D eigenvalue weighted by atomic mass is 16.5. The summed E-state index contributed by atoms with van der Waals surface area (Å²) in [5.41, 5.74) is 5.87. The molecule has 3 rings (SSSR count). The summed E-state index contributed by atoms with van der Waals surface area (Å²) >= 11 is 0. The van der Waals surface area contributed by atoms with Crippen molar-refractivity contribution in [2.45, 2.75) is 6.61 Å². The van der Waals surface area contributed by atoms with Crippen LogP contribution in [-0.4, -0.2) is 20.4 Å². The van der Waals surface area contributed by atoms with Crippen LogP contribution in [0.15, 0.2) is 77.9 Å². The molecule has 0 fully saturated rings. The van der Waals surface area contributed by atoms with Crippen molar-refractivity contribution in [2.24, 2.45) is 5.10 Å². The molecule has 0 aliphatic rings. The Balaban J connectivity index is 1.62. The summed E-state index contributed by atoms with van der Waals surface area (Å²) in [6, 6.07) is 23.3. The van der Waals surface area contributed by atoms with Crippen molar-refractivity contribution in [3.8, 4) is 17.2 Å². The number of anilines is 1. The van der Waals surface area contributed by atoms with Gasteiger partial charge in [-0.05, 0) is 53.6 Å². The van der Waals surface area contributed by atoms with Crippen molar-refractivity contribution < 1.29 is 14.2 Å². The van der Waals surface area contributed by atoms with Crippen LogP contribution in [0, 0.1) is 0 Å². The molecule has 3 aromatic rings. The van der Waals surface area contributed by atoms with Gasteiger partial charge in [-0.3, -0.25) is 5.43 Å². The van der Waals surface area contributed by atoms with E-state index in [1.807, 2.05) is 72.8 Å². The number of methoxy groups -OCH3 is 2. The summed E-state index contributed by atoms with van der Waals surface area (Å²) in [5.74, 6) is 2.17. The van der Waals surface area contributed by atoms with E-state index in [1.54, 1.807) is 20.4 Å². The Kier molecular flexibility index (Phi) is 6.30. The Hall–Kier alpha value is -3.47. The van der Waals surface area contributed by atoms with Crippen molar-refractivity contribution >= 4 is 11.9 Å². The Morgan fingerprint density at radius 3 is 2.33 bits per heavy atom. The van der Waals surface area contributed by atoms with Crippen LogP contribution in [0.3, 0.4) is 0 Å². The molecular weight excluding hydrogens is 340 g/mol. The van der Waals surface area contributed by atoms with E-state index in [9.17, 15) is 0 Å². The normalized spacial score (nSPS) is 10.6. The molecule has 0 aliphatic carbocycles. The third-order valence-electron chi connectivity index (χ3n) is 3.92. The maximum Gasteiger partial charge on any atom is 0.161 e.